The van der Waals surface area contributed by atoms with Crippen molar-refractivity contribution in [3.05, 3.63) is 29.6 Å². The Morgan fingerprint density at radius 1 is 1.23 bits per heavy atom. The zero-order valence-corrected chi connectivity index (χ0v) is 14.9. The van der Waals surface area contributed by atoms with Gasteiger partial charge in [-0.25, -0.2) is 0 Å². The summed E-state index contributed by atoms with van der Waals surface area (Å²) in [5, 5.41) is 2.81. The molecule has 1 aromatic rings. The van der Waals surface area contributed by atoms with Crippen LogP contribution >= 0.6 is 0 Å². The Hall–Kier alpha value is -2.48. The molecule has 2 fully saturated rings. The minimum absolute atomic E-state index is 0.0196. The summed E-state index contributed by atoms with van der Waals surface area (Å²) in [7, 11) is 0. The average molecular weight is 360 g/mol. The van der Waals surface area contributed by atoms with E-state index in [-0.39, 0.29) is 29.5 Å². The number of nitrogens with one attached hydrogen (secondary N) is 1. The average Bonchev–Trinajstić information content (AvgIpc) is 3.19. The van der Waals surface area contributed by atoms with Gasteiger partial charge in [0.1, 0.15) is 5.69 Å². The standard InChI is InChI=1S/C18H24N4O4/c1-13(23)21-6-8-22(9-7-21)18(25)14-4-5-19-16(11-14)17(24)20-12-15-3-2-10-26-15/h4-5,11,15H,2-3,6-10,12H2,1H3,(H,20,24). The van der Waals surface area contributed by atoms with Crippen molar-refractivity contribution in [1.29, 1.82) is 0 Å². The molecule has 0 saturated carbocycles. The molecule has 8 heteroatoms. The number of aromatic nitrogens is 1. The minimum atomic E-state index is -0.309. The number of nitrogens with zero attached hydrogens (tertiary/aromatic N) is 3. The number of rotatable bonds is 4. The maximum Gasteiger partial charge on any atom is 0.269 e. The highest BCUT2D eigenvalue weighted by molar-refractivity contribution is 5.98. The van der Waals surface area contributed by atoms with Crippen LogP contribution < -0.4 is 5.32 Å². The van der Waals surface area contributed by atoms with Gasteiger partial charge in [-0.15, -0.1) is 0 Å². The number of ether oxygens (including phenoxy) is 1. The summed E-state index contributed by atoms with van der Waals surface area (Å²) >= 11 is 0. The first-order valence-corrected chi connectivity index (χ1v) is 8.95. The highest BCUT2D eigenvalue weighted by Gasteiger charge is 2.24. The van der Waals surface area contributed by atoms with E-state index in [1.807, 2.05) is 0 Å². The first-order valence-electron chi connectivity index (χ1n) is 8.95. The Labute approximate surface area is 152 Å². The molecule has 0 aromatic carbocycles. The summed E-state index contributed by atoms with van der Waals surface area (Å²) < 4.78 is 5.48. The molecule has 3 heterocycles. The normalized spacial score (nSPS) is 20.1. The van der Waals surface area contributed by atoms with E-state index in [1.54, 1.807) is 15.9 Å². The van der Waals surface area contributed by atoms with Gasteiger partial charge in [0.15, 0.2) is 0 Å². The Kier molecular flexibility index (Phi) is 5.82. The van der Waals surface area contributed by atoms with E-state index < -0.39 is 0 Å². The lowest BCUT2D eigenvalue weighted by molar-refractivity contribution is -0.130. The van der Waals surface area contributed by atoms with E-state index in [9.17, 15) is 14.4 Å². The lowest BCUT2D eigenvalue weighted by Crippen LogP contribution is -2.50. The van der Waals surface area contributed by atoms with Gasteiger partial charge in [-0.3, -0.25) is 19.4 Å². The zero-order valence-electron chi connectivity index (χ0n) is 14.9. The molecular weight excluding hydrogens is 336 g/mol. The quantitative estimate of drug-likeness (QED) is 0.834. The van der Waals surface area contributed by atoms with Crippen molar-refractivity contribution in [2.45, 2.75) is 25.9 Å². The number of amides is 3. The van der Waals surface area contributed by atoms with E-state index in [2.05, 4.69) is 10.3 Å². The molecule has 0 spiro atoms. The van der Waals surface area contributed by atoms with Gasteiger partial charge in [0, 0.05) is 58.0 Å². The monoisotopic (exact) mass is 360 g/mol. The van der Waals surface area contributed by atoms with Gasteiger partial charge < -0.3 is 19.9 Å². The Bertz CT molecular complexity index is 680. The van der Waals surface area contributed by atoms with Crippen LogP contribution in [-0.2, 0) is 9.53 Å². The predicted molar refractivity (Wildman–Crippen MR) is 93.7 cm³/mol. The van der Waals surface area contributed by atoms with Gasteiger partial charge in [0.05, 0.1) is 6.10 Å². The lowest BCUT2D eigenvalue weighted by atomic mass is 10.1. The molecule has 0 radical (unpaired) electrons. The number of hydrogen-bond donors (Lipinski definition) is 1. The zero-order chi connectivity index (χ0) is 18.5. The molecule has 2 saturated heterocycles. The van der Waals surface area contributed by atoms with Crippen LogP contribution in [0, 0.1) is 0 Å². The molecule has 3 amide bonds. The van der Waals surface area contributed by atoms with Crippen LogP contribution in [0.4, 0.5) is 0 Å². The number of piperazine rings is 1. The van der Waals surface area contributed by atoms with E-state index in [4.69, 9.17) is 4.74 Å². The molecule has 1 unspecified atom stereocenters. The van der Waals surface area contributed by atoms with Gasteiger partial charge in [-0.1, -0.05) is 0 Å². The van der Waals surface area contributed by atoms with Crippen LogP contribution in [0.1, 0.15) is 40.6 Å². The fraction of sp³-hybridized carbons (Fsp3) is 0.556. The van der Waals surface area contributed by atoms with Gasteiger partial charge in [0.2, 0.25) is 5.91 Å². The van der Waals surface area contributed by atoms with E-state index in [0.717, 1.165) is 19.4 Å². The van der Waals surface area contributed by atoms with E-state index >= 15 is 0 Å². The Morgan fingerprint density at radius 2 is 1.96 bits per heavy atom. The van der Waals surface area contributed by atoms with Crippen molar-refractivity contribution in [1.82, 2.24) is 20.1 Å². The number of carbonyl (C=O) groups excluding carboxylic acids is 3. The van der Waals surface area contributed by atoms with Crippen LogP contribution in [0.3, 0.4) is 0 Å². The fourth-order valence-electron chi connectivity index (χ4n) is 3.20. The molecule has 1 aromatic heterocycles. The summed E-state index contributed by atoms with van der Waals surface area (Å²) in [4.78, 5) is 43.8. The van der Waals surface area contributed by atoms with Crippen molar-refractivity contribution in [2.24, 2.45) is 0 Å². The lowest BCUT2D eigenvalue weighted by Gasteiger charge is -2.34. The Balaban J connectivity index is 1.58. The van der Waals surface area contributed by atoms with Gasteiger partial charge in [-0.2, -0.15) is 0 Å². The molecule has 1 N–H and O–H groups in total. The predicted octanol–water partition coefficient (Wildman–Crippen LogP) is 0.295. The van der Waals surface area contributed by atoms with Crippen molar-refractivity contribution < 1.29 is 19.1 Å². The van der Waals surface area contributed by atoms with Crippen molar-refractivity contribution in [3.8, 4) is 0 Å². The molecule has 1 atom stereocenters. The van der Waals surface area contributed by atoms with Crippen LogP contribution in [-0.4, -0.2) is 77.9 Å². The van der Waals surface area contributed by atoms with Crippen molar-refractivity contribution >= 4 is 17.7 Å². The molecule has 8 nitrogen and oxygen atoms in total. The smallest absolute Gasteiger partial charge is 0.269 e. The van der Waals surface area contributed by atoms with Gasteiger partial charge in [-0.05, 0) is 25.0 Å². The minimum Gasteiger partial charge on any atom is -0.376 e. The number of hydrogen-bond acceptors (Lipinski definition) is 5. The Morgan fingerprint density at radius 3 is 2.62 bits per heavy atom. The molecule has 3 rings (SSSR count). The molecule has 2 aliphatic rings. The van der Waals surface area contributed by atoms with E-state index in [1.165, 1.54) is 19.2 Å². The molecule has 0 aliphatic carbocycles. The number of pyridine rings is 1. The third-order valence-electron chi connectivity index (χ3n) is 4.77. The summed E-state index contributed by atoms with van der Waals surface area (Å²) in [6.07, 6.45) is 3.49. The first kappa shape index (κ1) is 18.3. The molecule has 140 valence electrons. The molecule has 0 bridgehead atoms. The highest BCUT2D eigenvalue weighted by atomic mass is 16.5. The second-order valence-electron chi connectivity index (χ2n) is 6.57. The topological polar surface area (TPSA) is 91.8 Å². The first-order chi connectivity index (χ1) is 12.5. The van der Waals surface area contributed by atoms with Crippen LogP contribution in [0.15, 0.2) is 18.3 Å². The summed E-state index contributed by atoms with van der Waals surface area (Å²) in [6, 6.07) is 3.13. The second kappa shape index (κ2) is 8.27. The van der Waals surface area contributed by atoms with E-state index in [0.29, 0.717) is 38.3 Å². The molecule has 2 aliphatic heterocycles. The van der Waals surface area contributed by atoms with Crippen LogP contribution in [0.25, 0.3) is 0 Å². The summed E-state index contributed by atoms with van der Waals surface area (Å²) in [6.45, 7) is 4.75. The SMILES string of the molecule is CC(=O)N1CCN(C(=O)c2ccnc(C(=O)NCC3CCCO3)c2)CC1. The van der Waals surface area contributed by atoms with Crippen molar-refractivity contribution in [3.63, 3.8) is 0 Å². The van der Waals surface area contributed by atoms with Gasteiger partial charge in [0.25, 0.3) is 11.8 Å². The molecule has 26 heavy (non-hydrogen) atoms. The van der Waals surface area contributed by atoms with Crippen molar-refractivity contribution in [2.75, 3.05) is 39.3 Å². The second-order valence-corrected chi connectivity index (χ2v) is 6.57. The van der Waals surface area contributed by atoms with Crippen LogP contribution in [0.2, 0.25) is 0 Å². The third kappa shape index (κ3) is 4.37. The maximum atomic E-state index is 12.7. The largest absolute Gasteiger partial charge is 0.376 e. The molecular formula is C18H24N4O4. The third-order valence-corrected chi connectivity index (χ3v) is 4.77. The number of carbonyl (C=O) groups is 3. The fourth-order valence-corrected chi connectivity index (χ4v) is 3.20. The van der Waals surface area contributed by atoms with Crippen LogP contribution in [0.5, 0.6) is 0 Å². The summed E-state index contributed by atoms with van der Waals surface area (Å²) in [5.41, 5.74) is 0.648. The summed E-state index contributed by atoms with van der Waals surface area (Å²) in [5.74, 6) is -0.438. The van der Waals surface area contributed by atoms with Gasteiger partial charge >= 0.3 is 0 Å². The highest BCUT2D eigenvalue weighted by Crippen LogP contribution is 2.12. The maximum absolute atomic E-state index is 12.7.